The van der Waals surface area contributed by atoms with Crippen LogP contribution in [-0.2, 0) is 4.74 Å². The molecule has 0 aromatic carbocycles. The topological polar surface area (TPSA) is 12.5 Å². The van der Waals surface area contributed by atoms with Gasteiger partial charge in [-0.2, -0.15) is 12.6 Å². The van der Waals surface area contributed by atoms with E-state index in [2.05, 4.69) is 52.1 Å². The van der Waals surface area contributed by atoms with E-state index in [9.17, 15) is 0 Å². The molecule has 110 valence electrons. The molecule has 0 aromatic heterocycles. The summed E-state index contributed by atoms with van der Waals surface area (Å²) < 4.78 is 5.67. The van der Waals surface area contributed by atoms with Gasteiger partial charge in [-0.15, -0.1) is 0 Å². The summed E-state index contributed by atoms with van der Waals surface area (Å²) in [6.07, 6.45) is 3.59. The summed E-state index contributed by atoms with van der Waals surface area (Å²) in [6.45, 7) is 15.2. The van der Waals surface area contributed by atoms with Crippen molar-refractivity contribution >= 4 is 12.6 Å². The lowest BCUT2D eigenvalue weighted by atomic mass is 10.1. The number of ether oxygens (including phenoxy) is 1. The van der Waals surface area contributed by atoms with Crippen LogP contribution in [0.15, 0.2) is 0 Å². The fourth-order valence-corrected chi connectivity index (χ4v) is 2.17. The van der Waals surface area contributed by atoms with Gasteiger partial charge >= 0.3 is 0 Å². The highest BCUT2D eigenvalue weighted by molar-refractivity contribution is 7.80. The van der Waals surface area contributed by atoms with Gasteiger partial charge in [-0.1, -0.05) is 20.8 Å². The van der Waals surface area contributed by atoms with E-state index in [1.54, 1.807) is 0 Å². The van der Waals surface area contributed by atoms with Crippen molar-refractivity contribution in [1.29, 1.82) is 0 Å². The van der Waals surface area contributed by atoms with E-state index in [1.165, 1.54) is 12.8 Å². The van der Waals surface area contributed by atoms with Gasteiger partial charge in [0.25, 0.3) is 0 Å². The average molecular weight is 276 g/mol. The normalized spacial score (nSPS) is 13.8. The van der Waals surface area contributed by atoms with Gasteiger partial charge in [0.2, 0.25) is 0 Å². The Balaban J connectivity index is 3.49. The van der Waals surface area contributed by atoms with E-state index in [0.29, 0.717) is 11.3 Å². The van der Waals surface area contributed by atoms with Gasteiger partial charge in [-0.05, 0) is 39.0 Å². The maximum Gasteiger partial charge on any atom is 0.0478 e. The van der Waals surface area contributed by atoms with Gasteiger partial charge in [0.15, 0.2) is 0 Å². The summed E-state index contributed by atoms with van der Waals surface area (Å²) in [4.78, 5) is 2.48. The largest absolute Gasteiger partial charge is 0.381 e. The second kappa shape index (κ2) is 11.1. The molecule has 0 aliphatic rings. The Morgan fingerprint density at radius 2 is 1.61 bits per heavy atom. The summed E-state index contributed by atoms with van der Waals surface area (Å²) in [5.41, 5.74) is 0. The molecule has 0 fully saturated rings. The van der Waals surface area contributed by atoms with Crippen LogP contribution in [0.2, 0.25) is 0 Å². The van der Waals surface area contributed by atoms with Crippen molar-refractivity contribution in [3.63, 3.8) is 0 Å². The van der Waals surface area contributed by atoms with Crippen molar-refractivity contribution in [2.45, 2.75) is 65.2 Å². The molecule has 3 heteroatoms. The Bertz CT molecular complexity index is 183. The fourth-order valence-electron chi connectivity index (χ4n) is 1.97. The van der Waals surface area contributed by atoms with Gasteiger partial charge in [0, 0.05) is 37.6 Å². The molecule has 0 saturated heterocycles. The summed E-state index contributed by atoms with van der Waals surface area (Å²) in [5.74, 6) is 0.793. The molecule has 0 radical (unpaired) electrons. The van der Waals surface area contributed by atoms with Crippen LogP contribution in [0, 0.1) is 5.92 Å². The van der Waals surface area contributed by atoms with Crippen molar-refractivity contribution in [3.05, 3.63) is 0 Å². The third kappa shape index (κ3) is 11.4. The molecule has 18 heavy (non-hydrogen) atoms. The maximum atomic E-state index is 5.67. The molecule has 0 aliphatic carbocycles. The molecule has 1 atom stereocenters. The average Bonchev–Trinajstić information content (AvgIpc) is 2.25. The van der Waals surface area contributed by atoms with Gasteiger partial charge < -0.3 is 4.74 Å². The molecule has 2 nitrogen and oxygen atoms in total. The van der Waals surface area contributed by atoms with Crippen LogP contribution in [0.1, 0.15) is 53.9 Å². The van der Waals surface area contributed by atoms with Crippen molar-refractivity contribution in [1.82, 2.24) is 4.90 Å². The van der Waals surface area contributed by atoms with Crippen molar-refractivity contribution < 1.29 is 4.74 Å². The van der Waals surface area contributed by atoms with Crippen LogP contribution in [0.25, 0.3) is 0 Å². The molecule has 1 unspecified atom stereocenters. The second-order valence-corrected chi connectivity index (χ2v) is 6.82. The van der Waals surface area contributed by atoms with Gasteiger partial charge in [-0.25, -0.2) is 0 Å². The predicted octanol–water partition coefficient (Wildman–Crippen LogP) is 3.86. The summed E-state index contributed by atoms with van der Waals surface area (Å²) in [5, 5.41) is 0.444. The zero-order valence-corrected chi connectivity index (χ0v) is 13.9. The van der Waals surface area contributed by atoms with Crippen LogP contribution in [-0.4, -0.2) is 42.5 Å². The van der Waals surface area contributed by atoms with Crippen molar-refractivity contribution in [3.8, 4) is 0 Å². The lowest BCUT2D eigenvalue weighted by Crippen LogP contribution is -2.36. The Morgan fingerprint density at radius 3 is 2.11 bits per heavy atom. The highest BCUT2D eigenvalue weighted by Crippen LogP contribution is 2.06. The molecule has 0 saturated carbocycles. The van der Waals surface area contributed by atoms with Crippen LogP contribution in [0.4, 0.5) is 0 Å². The highest BCUT2D eigenvalue weighted by Gasteiger charge is 2.10. The van der Waals surface area contributed by atoms with Gasteiger partial charge in [-0.3, -0.25) is 4.90 Å². The summed E-state index contributed by atoms with van der Waals surface area (Å²) in [6, 6.07) is 0.598. The summed E-state index contributed by atoms with van der Waals surface area (Å²) in [7, 11) is 0. The van der Waals surface area contributed by atoms with Crippen LogP contribution in [0.3, 0.4) is 0 Å². The Hall–Kier alpha value is 0.270. The van der Waals surface area contributed by atoms with E-state index < -0.39 is 0 Å². The predicted molar refractivity (Wildman–Crippen MR) is 84.7 cm³/mol. The first kappa shape index (κ1) is 18.3. The third-order valence-electron chi connectivity index (χ3n) is 3.03. The van der Waals surface area contributed by atoms with Crippen LogP contribution < -0.4 is 0 Å². The molecule has 0 spiro atoms. The van der Waals surface area contributed by atoms with E-state index in [-0.39, 0.29) is 0 Å². The Morgan fingerprint density at radius 1 is 1.00 bits per heavy atom. The van der Waals surface area contributed by atoms with E-state index >= 15 is 0 Å². The first-order chi connectivity index (χ1) is 8.43. The fraction of sp³-hybridized carbons (Fsp3) is 1.00. The SMILES string of the molecule is CC(C)CCCOCCCN(CC(C)S)C(C)C. The van der Waals surface area contributed by atoms with E-state index in [4.69, 9.17) is 4.74 Å². The van der Waals surface area contributed by atoms with E-state index in [1.807, 2.05) is 0 Å². The number of nitrogens with zero attached hydrogens (tertiary/aromatic N) is 1. The van der Waals surface area contributed by atoms with Gasteiger partial charge in [0.05, 0.1) is 0 Å². The molecular weight excluding hydrogens is 242 g/mol. The molecule has 0 bridgehead atoms. The van der Waals surface area contributed by atoms with Crippen LogP contribution in [0.5, 0.6) is 0 Å². The minimum absolute atomic E-state index is 0.444. The number of thiol groups is 1. The molecule has 0 heterocycles. The lowest BCUT2D eigenvalue weighted by Gasteiger charge is -2.27. The quantitative estimate of drug-likeness (QED) is 0.454. The highest BCUT2D eigenvalue weighted by atomic mass is 32.1. The monoisotopic (exact) mass is 275 g/mol. The number of hydrogen-bond acceptors (Lipinski definition) is 3. The van der Waals surface area contributed by atoms with Crippen molar-refractivity contribution in [2.24, 2.45) is 5.92 Å². The lowest BCUT2D eigenvalue weighted by molar-refractivity contribution is 0.110. The Kier molecular flexibility index (Phi) is 11.3. The second-order valence-electron chi connectivity index (χ2n) is 5.94. The minimum atomic E-state index is 0.444. The molecule has 0 aromatic rings. The first-order valence-corrected chi connectivity index (χ1v) is 7.95. The van der Waals surface area contributed by atoms with Gasteiger partial charge in [0.1, 0.15) is 0 Å². The third-order valence-corrected chi connectivity index (χ3v) is 3.20. The maximum absolute atomic E-state index is 5.67. The smallest absolute Gasteiger partial charge is 0.0478 e. The number of rotatable bonds is 11. The molecular formula is C15H33NOS. The Labute approximate surface area is 120 Å². The zero-order valence-electron chi connectivity index (χ0n) is 13.0. The number of hydrogen-bond donors (Lipinski definition) is 1. The minimum Gasteiger partial charge on any atom is -0.381 e. The van der Waals surface area contributed by atoms with Crippen LogP contribution >= 0.6 is 12.6 Å². The standard InChI is InChI=1S/C15H33NOS/c1-13(2)8-6-10-17-11-7-9-16(14(3)4)12-15(5)18/h13-15,18H,6-12H2,1-5H3. The molecule has 0 N–H and O–H groups in total. The first-order valence-electron chi connectivity index (χ1n) is 7.43. The molecule has 0 amide bonds. The van der Waals surface area contributed by atoms with Crippen molar-refractivity contribution in [2.75, 3.05) is 26.3 Å². The molecule has 0 rings (SSSR count). The zero-order chi connectivity index (χ0) is 14.0. The molecule has 0 aliphatic heterocycles. The van der Waals surface area contributed by atoms with E-state index in [0.717, 1.165) is 38.6 Å². The summed E-state index contributed by atoms with van der Waals surface area (Å²) >= 11 is 4.47.